The molecule has 0 amide bonds. The van der Waals surface area contributed by atoms with Crippen molar-refractivity contribution in [2.75, 3.05) is 0 Å². The maximum Gasteiger partial charge on any atom is 0.308 e. The lowest BCUT2D eigenvalue weighted by molar-refractivity contribution is -0.133. The van der Waals surface area contributed by atoms with E-state index in [0.717, 1.165) is 12.5 Å². The molecule has 1 unspecified atom stereocenters. The number of hydrogen-bond donors (Lipinski definition) is 1. The highest BCUT2D eigenvalue weighted by Gasteiger charge is 2.32. The van der Waals surface area contributed by atoms with Gasteiger partial charge in [-0.1, -0.05) is 17.7 Å². The molecule has 40 heavy (non-hydrogen) atoms. The quantitative estimate of drug-likeness (QED) is 0.132. The van der Waals surface area contributed by atoms with Gasteiger partial charge in [0.05, 0.1) is 16.7 Å². The predicted octanol–water partition coefficient (Wildman–Crippen LogP) is 5.97. The minimum Gasteiger partial charge on any atom is -0.506 e. The van der Waals surface area contributed by atoms with Crippen LogP contribution in [0.2, 0.25) is 0 Å². The smallest absolute Gasteiger partial charge is 0.308 e. The van der Waals surface area contributed by atoms with E-state index in [1.165, 1.54) is 56.7 Å². The van der Waals surface area contributed by atoms with E-state index in [1.807, 2.05) is 20.8 Å². The van der Waals surface area contributed by atoms with E-state index >= 15 is 0 Å². The summed E-state index contributed by atoms with van der Waals surface area (Å²) in [6.07, 6.45) is 9.31. The summed E-state index contributed by atoms with van der Waals surface area (Å²) in [5, 5.41) is 11.1. The molecule has 1 heterocycles. The van der Waals surface area contributed by atoms with Crippen LogP contribution in [0.25, 0.3) is 12.2 Å². The van der Waals surface area contributed by atoms with Gasteiger partial charge in [0.2, 0.25) is 0 Å². The van der Waals surface area contributed by atoms with Gasteiger partial charge in [-0.15, -0.1) is 0 Å². The number of carbonyl (C=O) groups excluding carboxylic acids is 4. The fraction of sp³-hybridized carbons (Fsp3) is 0.290. The topological polar surface area (TPSA) is 125 Å². The first-order valence-electron chi connectivity index (χ1n) is 12.6. The molecule has 1 atom stereocenters. The molecule has 0 bridgehead atoms. The number of aromatic hydroxyl groups is 1. The third kappa shape index (κ3) is 7.47. The number of phenolic OH excluding ortho intramolecular Hbond substituents is 1. The van der Waals surface area contributed by atoms with Gasteiger partial charge >= 0.3 is 17.9 Å². The molecule has 0 fully saturated rings. The van der Waals surface area contributed by atoms with Gasteiger partial charge in [0, 0.05) is 20.8 Å². The molecule has 0 radical (unpaired) electrons. The van der Waals surface area contributed by atoms with Crippen molar-refractivity contribution in [2.45, 2.75) is 60.0 Å². The maximum atomic E-state index is 13.3. The molecule has 210 valence electrons. The lowest BCUT2D eigenvalue weighted by Crippen LogP contribution is -2.32. The highest BCUT2D eigenvalue weighted by molar-refractivity contribution is 6.10. The minimum atomic E-state index is -0.737. The summed E-state index contributed by atoms with van der Waals surface area (Å²) < 4.78 is 22.0. The largest absolute Gasteiger partial charge is 0.506 e. The SMILES string of the molecule is CC(=O)Oc1cccc(OC(C)=O)c1C=CC(=O)c1cc(OC(C)=O)c2c(c1O)C=CC(C)(CCC=C(C)C)O2. The van der Waals surface area contributed by atoms with Crippen LogP contribution >= 0.6 is 0 Å². The van der Waals surface area contributed by atoms with Crippen molar-refractivity contribution in [3.63, 3.8) is 0 Å². The molecule has 3 rings (SSSR count). The standard InChI is InChI=1S/C31H32O9/c1-18(2)9-8-15-31(6)16-14-23-29(36)24(17-28(30(23)40-31)39-21(5)34)25(35)13-12-22-26(37-19(3)32)10-7-11-27(22)38-20(4)33/h7,9-14,16-17,36H,8,15H2,1-6H3. The van der Waals surface area contributed by atoms with Gasteiger partial charge in [-0.25, -0.2) is 0 Å². The van der Waals surface area contributed by atoms with Gasteiger partial charge in [0.15, 0.2) is 17.3 Å². The number of phenols is 1. The molecule has 1 aliphatic rings. The van der Waals surface area contributed by atoms with Crippen molar-refractivity contribution in [3.8, 4) is 28.7 Å². The van der Waals surface area contributed by atoms with Crippen molar-refractivity contribution < 1.29 is 43.2 Å². The first kappa shape index (κ1) is 29.9. The monoisotopic (exact) mass is 548 g/mol. The van der Waals surface area contributed by atoms with Gasteiger partial charge in [-0.05, 0) is 76.1 Å². The third-order valence-corrected chi connectivity index (χ3v) is 5.84. The normalized spacial score (nSPS) is 15.6. The minimum absolute atomic E-state index is 0.0178. The van der Waals surface area contributed by atoms with Crippen molar-refractivity contribution in [1.29, 1.82) is 0 Å². The van der Waals surface area contributed by atoms with Gasteiger partial charge in [0.25, 0.3) is 0 Å². The Hall–Kier alpha value is -4.66. The number of hydrogen-bond acceptors (Lipinski definition) is 9. The number of esters is 3. The Balaban J connectivity index is 2.04. The molecule has 0 aliphatic carbocycles. The molecule has 0 spiro atoms. The second-order valence-electron chi connectivity index (χ2n) is 9.73. The number of fused-ring (bicyclic) bond motifs is 1. The molecule has 2 aromatic rings. The summed E-state index contributed by atoms with van der Waals surface area (Å²) in [5.41, 5.74) is 0.630. The molecule has 9 nitrogen and oxygen atoms in total. The first-order chi connectivity index (χ1) is 18.8. The van der Waals surface area contributed by atoms with E-state index in [2.05, 4.69) is 6.08 Å². The van der Waals surface area contributed by atoms with Gasteiger partial charge in [-0.2, -0.15) is 0 Å². The Labute approximate surface area is 232 Å². The molecule has 2 aromatic carbocycles. The Morgan fingerprint density at radius 2 is 1.50 bits per heavy atom. The van der Waals surface area contributed by atoms with Gasteiger partial charge in [0.1, 0.15) is 22.8 Å². The van der Waals surface area contributed by atoms with Crippen LogP contribution in [0.3, 0.4) is 0 Å². The summed E-state index contributed by atoms with van der Waals surface area (Å²) in [5.74, 6) is -2.63. The van der Waals surface area contributed by atoms with E-state index < -0.39 is 29.3 Å². The molecule has 1 N–H and O–H groups in total. The molecular formula is C31H32O9. The van der Waals surface area contributed by atoms with Crippen LogP contribution in [-0.2, 0) is 14.4 Å². The van der Waals surface area contributed by atoms with Crippen LogP contribution in [0.4, 0.5) is 0 Å². The number of benzene rings is 2. The zero-order valence-corrected chi connectivity index (χ0v) is 23.3. The Bertz CT molecular complexity index is 1410. The van der Waals surface area contributed by atoms with E-state index in [4.69, 9.17) is 18.9 Å². The maximum absolute atomic E-state index is 13.3. The summed E-state index contributed by atoms with van der Waals surface area (Å²) in [6.45, 7) is 9.52. The second kappa shape index (κ2) is 12.5. The number of ketones is 1. The van der Waals surface area contributed by atoms with E-state index in [1.54, 1.807) is 12.2 Å². The molecule has 9 heteroatoms. The fourth-order valence-electron chi connectivity index (χ4n) is 4.06. The summed E-state index contributed by atoms with van der Waals surface area (Å²) >= 11 is 0. The number of allylic oxidation sites excluding steroid dienone is 3. The third-order valence-electron chi connectivity index (χ3n) is 5.84. The van der Waals surface area contributed by atoms with Crippen molar-refractivity contribution in [3.05, 3.63) is 64.8 Å². The lowest BCUT2D eigenvalue weighted by Gasteiger charge is -2.33. The molecule has 0 saturated carbocycles. The summed E-state index contributed by atoms with van der Waals surface area (Å²) in [6, 6.07) is 5.72. The Morgan fingerprint density at radius 3 is 2.05 bits per heavy atom. The zero-order valence-electron chi connectivity index (χ0n) is 23.3. The summed E-state index contributed by atoms with van der Waals surface area (Å²) in [4.78, 5) is 48.3. The average molecular weight is 549 g/mol. The second-order valence-corrected chi connectivity index (χ2v) is 9.73. The average Bonchev–Trinajstić information content (AvgIpc) is 2.84. The summed E-state index contributed by atoms with van der Waals surface area (Å²) in [7, 11) is 0. The van der Waals surface area contributed by atoms with Gasteiger partial charge < -0.3 is 24.1 Å². The van der Waals surface area contributed by atoms with Gasteiger partial charge in [-0.3, -0.25) is 19.2 Å². The van der Waals surface area contributed by atoms with Crippen molar-refractivity contribution in [1.82, 2.24) is 0 Å². The van der Waals surface area contributed by atoms with Crippen LogP contribution in [-0.4, -0.2) is 34.4 Å². The number of carbonyl (C=O) groups is 4. The first-order valence-corrected chi connectivity index (χ1v) is 12.6. The fourth-order valence-corrected chi connectivity index (χ4v) is 4.06. The zero-order chi connectivity index (χ0) is 29.6. The van der Waals surface area contributed by atoms with E-state index in [9.17, 15) is 24.3 Å². The highest BCUT2D eigenvalue weighted by Crippen LogP contribution is 2.46. The van der Waals surface area contributed by atoms with Crippen molar-refractivity contribution >= 4 is 35.8 Å². The number of rotatable bonds is 9. The molecule has 0 saturated heterocycles. The van der Waals surface area contributed by atoms with Crippen LogP contribution in [0.1, 0.15) is 75.9 Å². The number of ether oxygens (including phenoxy) is 4. The predicted molar refractivity (Wildman–Crippen MR) is 149 cm³/mol. The molecular weight excluding hydrogens is 516 g/mol. The van der Waals surface area contributed by atoms with Crippen LogP contribution < -0.4 is 18.9 Å². The van der Waals surface area contributed by atoms with E-state index in [0.29, 0.717) is 6.42 Å². The Kier molecular flexibility index (Phi) is 9.31. The van der Waals surface area contributed by atoms with Crippen LogP contribution in [0.15, 0.2) is 48.1 Å². The van der Waals surface area contributed by atoms with Crippen molar-refractivity contribution in [2.24, 2.45) is 0 Å². The van der Waals surface area contributed by atoms with Crippen LogP contribution in [0.5, 0.6) is 28.7 Å². The molecule has 1 aliphatic heterocycles. The van der Waals surface area contributed by atoms with E-state index in [-0.39, 0.29) is 45.4 Å². The Morgan fingerprint density at radius 1 is 0.925 bits per heavy atom. The highest BCUT2D eigenvalue weighted by atomic mass is 16.6. The van der Waals surface area contributed by atoms with Crippen LogP contribution in [0, 0.1) is 0 Å². The molecule has 0 aromatic heterocycles. The lowest BCUT2D eigenvalue weighted by atomic mass is 9.92.